The molecule has 0 aliphatic heterocycles. The molecule has 2 aromatic carbocycles. The zero-order chi connectivity index (χ0) is 19.2. The van der Waals surface area contributed by atoms with Gasteiger partial charge in [0.25, 0.3) is 5.91 Å². The third kappa shape index (κ3) is 5.07. The number of para-hydroxylation sites is 2. The van der Waals surface area contributed by atoms with Gasteiger partial charge in [-0.05, 0) is 50.2 Å². The number of rotatable bonds is 6. The van der Waals surface area contributed by atoms with Gasteiger partial charge in [-0.3, -0.25) is 4.79 Å². The molecule has 0 saturated heterocycles. The molecule has 0 aliphatic carbocycles. The highest BCUT2D eigenvalue weighted by Gasteiger charge is 2.08. The second-order valence-electron chi connectivity index (χ2n) is 6.54. The summed E-state index contributed by atoms with van der Waals surface area (Å²) in [6.45, 7) is 4.26. The molecule has 140 valence electrons. The molecule has 3 amide bonds. The lowest BCUT2D eigenvalue weighted by Gasteiger charge is -2.10. The smallest absolute Gasteiger partial charge is 0.319 e. The van der Waals surface area contributed by atoms with Crippen LogP contribution < -0.4 is 16.0 Å². The van der Waals surface area contributed by atoms with Crippen LogP contribution in [0.3, 0.4) is 0 Å². The lowest BCUT2D eigenvalue weighted by Crippen LogP contribution is -2.34. The van der Waals surface area contributed by atoms with E-state index in [9.17, 15) is 9.59 Å². The van der Waals surface area contributed by atoms with Crippen LogP contribution in [0.5, 0.6) is 0 Å². The second kappa shape index (κ2) is 8.35. The van der Waals surface area contributed by atoms with E-state index in [2.05, 4.69) is 25.9 Å². The Labute approximate surface area is 157 Å². The minimum Gasteiger partial charge on any atom is -0.352 e. The summed E-state index contributed by atoms with van der Waals surface area (Å²) >= 11 is 0. The number of amides is 3. The zero-order valence-electron chi connectivity index (χ0n) is 15.4. The number of nitrogens with zero attached hydrogens (tertiary/aromatic N) is 1. The first-order valence-corrected chi connectivity index (χ1v) is 8.90. The van der Waals surface area contributed by atoms with Crippen molar-refractivity contribution < 1.29 is 9.59 Å². The molecule has 0 aliphatic rings. The molecular formula is C20H23N5O2. The monoisotopic (exact) mass is 365 g/mol. The Morgan fingerprint density at radius 3 is 2.52 bits per heavy atom. The fourth-order valence-electron chi connectivity index (χ4n) is 2.65. The van der Waals surface area contributed by atoms with Crippen molar-refractivity contribution in [3.63, 3.8) is 0 Å². The molecule has 0 atom stereocenters. The average molecular weight is 365 g/mol. The van der Waals surface area contributed by atoms with E-state index < -0.39 is 0 Å². The van der Waals surface area contributed by atoms with Gasteiger partial charge >= 0.3 is 6.03 Å². The molecule has 0 spiro atoms. The SMILES string of the molecule is CC(C)NC(=O)Nc1ccc(C(=O)NCCc2nc3ccccc3[nH]2)cc1. The molecule has 0 saturated carbocycles. The number of imidazole rings is 1. The maximum atomic E-state index is 12.2. The Bertz CT molecular complexity index is 898. The Morgan fingerprint density at radius 2 is 1.81 bits per heavy atom. The van der Waals surface area contributed by atoms with Crippen LogP contribution in [0.4, 0.5) is 10.5 Å². The molecule has 0 radical (unpaired) electrons. The van der Waals surface area contributed by atoms with E-state index in [4.69, 9.17) is 0 Å². The summed E-state index contributed by atoms with van der Waals surface area (Å²) in [7, 11) is 0. The number of anilines is 1. The van der Waals surface area contributed by atoms with Crippen molar-refractivity contribution >= 4 is 28.7 Å². The minimum absolute atomic E-state index is 0.0572. The quantitative estimate of drug-likeness (QED) is 0.540. The number of benzene rings is 2. The summed E-state index contributed by atoms with van der Waals surface area (Å²) in [6.07, 6.45) is 0.620. The topological polar surface area (TPSA) is 98.9 Å². The maximum absolute atomic E-state index is 12.2. The Kier molecular flexibility index (Phi) is 5.71. The highest BCUT2D eigenvalue weighted by atomic mass is 16.2. The number of carbonyl (C=O) groups is 2. The summed E-state index contributed by atoms with van der Waals surface area (Å²) in [5.74, 6) is 0.677. The molecule has 27 heavy (non-hydrogen) atoms. The number of urea groups is 1. The van der Waals surface area contributed by atoms with Gasteiger partial charge in [0.1, 0.15) is 5.82 Å². The van der Waals surface area contributed by atoms with Gasteiger partial charge in [0, 0.05) is 30.3 Å². The van der Waals surface area contributed by atoms with Crippen molar-refractivity contribution in [3.05, 3.63) is 59.9 Å². The number of hydrogen-bond acceptors (Lipinski definition) is 3. The van der Waals surface area contributed by atoms with E-state index in [1.54, 1.807) is 24.3 Å². The van der Waals surface area contributed by atoms with Crippen molar-refractivity contribution in [3.8, 4) is 0 Å². The van der Waals surface area contributed by atoms with Gasteiger partial charge in [-0.25, -0.2) is 9.78 Å². The van der Waals surface area contributed by atoms with Crippen molar-refractivity contribution in [2.45, 2.75) is 26.3 Å². The van der Waals surface area contributed by atoms with E-state index >= 15 is 0 Å². The van der Waals surface area contributed by atoms with Crippen LogP contribution in [0, 0.1) is 0 Å². The van der Waals surface area contributed by atoms with Crippen LogP contribution in [0.2, 0.25) is 0 Å². The van der Waals surface area contributed by atoms with Crippen molar-refractivity contribution in [1.82, 2.24) is 20.6 Å². The van der Waals surface area contributed by atoms with Crippen LogP contribution in [0.15, 0.2) is 48.5 Å². The number of aromatic nitrogens is 2. The zero-order valence-corrected chi connectivity index (χ0v) is 15.4. The molecule has 3 rings (SSSR count). The van der Waals surface area contributed by atoms with Crippen molar-refractivity contribution in [2.24, 2.45) is 0 Å². The van der Waals surface area contributed by atoms with Gasteiger partial charge in [0.2, 0.25) is 0 Å². The highest BCUT2D eigenvalue weighted by Crippen LogP contribution is 2.11. The number of aromatic amines is 1. The van der Waals surface area contributed by atoms with Crippen LogP contribution in [-0.4, -0.2) is 34.5 Å². The fraction of sp³-hybridized carbons (Fsp3) is 0.250. The number of nitrogens with one attached hydrogen (secondary N) is 4. The van der Waals surface area contributed by atoms with E-state index in [0.717, 1.165) is 16.9 Å². The van der Waals surface area contributed by atoms with Gasteiger partial charge in [-0.2, -0.15) is 0 Å². The normalized spacial score (nSPS) is 10.8. The molecule has 4 N–H and O–H groups in total. The largest absolute Gasteiger partial charge is 0.352 e. The molecule has 3 aromatic rings. The maximum Gasteiger partial charge on any atom is 0.319 e. The van der Waals surface area contributed by atoms with Gasteiger partial charge < -0.3 is 20.9 Å². The predicted octanol–water partition coefficient (Wildman–Crippen LogP) is 3.07. The third-order valence-corrected chi connectivity index (χ3v) is 3.91. The van der Waals surface area contributed by atoms with E-state index in [1.165, 1.54) is 0 Å². The van der Waals surface area contributed by atoms with Gasteiger partial charge in [0.05, 0.1) is 11.0 Å². The molecule has 1 aromatic heterocycles. The summed E-state index contributed by atoms with van der Waals surface area (Å²) in [5.41, 5.74) is 3.08. The number of hydrogen-bond donors (Lipinski definition) is 4. The van der Waals surface area contributed by atoms with Crippen molar-refractivity contribution in [2.75, 3.05) is 11.9 Å². The van der Waals surface area contributed by atoms with Crippen LogP contribution in [0.25, 0.3) is 11.0 Å². The average Bonchev–Trinajstić information content (AvgIpc) is 3.04. The predicted molar refractivity (Wildman–Crippen MR) is 106 cm³/mol. The number of carbonyl (C=O) groups excluding carboxylic acids is 2. The molecule has 0 bridgehead atoms. The van der Waals surface area contributed by atoms with Crippen LogP contribution in [-0.2, 0) is 6.42 Å². The van der Waals surface area contributed by atoms with Gasteiger partial charge in [0.15, 0.2) is 0 Å². The second-order valence-corrected chi connectivity index (χ2v) is 6.54. The molecule has 7 nitrogen and oxygen atoms in total. The number of fused-ring (bicyclic) bond motifs is 1. The first-order valence-electron chi connectivity index (χ1n) is 8.90. The summed E-state index contributed by atoms with van der Waals surface area (Å²) in [6, 6.07) is 14.4. The first kappa shape index (κ1) is 18.4. The molecule has 7 heteroatoms. The lowest BCUT2D eigenvalue weighted by atomic mass is 10.2. The Hall–Kier alpha value is -3.35. The molecular weight excluding hydrogens is 342 g/mol. The van der Waals surface area contributed by atoms with Crippen LogP contribution >= 0.6 is 0 Å². The molecule has 0 unspecified atom stereocenters. The molecule has 1 heterocycles. The fourth-order valence-corrected chi connectivity index (χ4v) is 2.65. The number of H-pyrrole nitrogens is 1. The van der Waals surface area contributed by atoms with E-state index in [1.807, 2.05) is 38.1 Å². The van der Waals surface area contributed by atoms with Crippen molar-refractivity contribution in [1.29, 1.82) is 0 Å². The van der Waals surface area contributed by atoms with Crippen LogP contribution in [0.1, 0.15) is 30.0 Å². The minimum atomic E-state index is -0.270. The standard InChI is InChI=1S/C20H23N5O2/c1-13(2)22-20(27)23-15-9-7-14(8-10-15)19(26)21-12-11-18-24-16-5-3-4-6-17(16)25-18/h3-10,13H,11-12H2,1-2H3,(H,21,26)(H,24,25)(H2,22,23,27). The summed E-state index contributed by atoms with van der Waals surface area (Å²) < 4.78 is 0. The Balaban J connectivity index is 1.49. The highest BCUT2D eigenvalue weighted by molar-refractivity contribution is 5.95. The molecule has 0 fully saturated rings. The lowest BCUT2D eigenvalue weighted by molar-refractivity contribution is 0.0954. The van der Waals surface area contributed by atoms with Gasteiger partial charge in [-0.1, -0.05) is 12.1 Å². The van der Waals surface area contributed by atoms with E-state index in [-0.39, 0.29) is 18.0 Å². The first-order chi connectivity index (χ1) is 13.0. The Morgan fingerprint density at radius 1 is 1.07 bits per heavy atom. The summed E-state index contributed by atoms with van der Waals surface area (Å²) in [4.78, 5) is 31.6. The summed E-state index contributed by atoms with van der Waals surface area (Å²) in [5, 5.41) is 8.35. The third-order valence-electron chi connectivity index (χ3n) is 3.91. The van der Waals surface area contributed by atoms with E-state index in [0.29, 0.717) is 24.2 Å². The van der Waals surface area contributed by atoms with Gasteiger partial charge in [-0.15, -0.1) is 0 Å².